The van der Waals surface area contributed by atoms with Gasteiger partial charge < -0.3 is 16.0 Å². The van der Waals surface area contributed by atoms with Gasteiger partial charge in [0, 0.05) is 29.9 Å². The maximum atomic E-state index is 12.4. The standard InChI is InChI=1S/C13H16ClN3O2/c1-16-12(18)11-3-2-4-17(11)13(19)8-5-9(14)7-10(15)6-8/h5-7,11H,2-4,15H2,1H3,(H,16,18). The van der Waals surface area contributed by atoms with Gasteiger partial charge in [-0.05, 0) is 31.0 Å². The van der Waals surface area contributed by atoms with Crippen molar-refractivity contribution in [2.75, 3.05) is 19.3 Å². The molecule has 1 aromatic carbocycles. The van der Waals surface area contributed by atoms with Crippen molar-refractivity contribution in [1.82, 2.24) is 10.2 Å². The van der Waals surface area contributed by atoms with Crippen molar-refractivity contribution in [3.8, 4) is 0 Å². The number of likely N-dealkylation sites (tertiary alicyclic amines) is 1. The normalized spacial score (nSPS) is 18.4. The molecule has 1 aliphatic heterocycles. The number of likely N-dealkylation sites (N-methyl/N-ethyl adjacent to an activating group) is 1. The molecule has 0 radical (unpaired) electrons. The van der Waals surface area contributed by atoms with E-state index in [-0.39, 0.29) is 11.8 Å². The van der Waals surface area contributed by atoms with Crippen LogP contribution in [0.15, 0.2) is 18.2 Å². The number of nitrogens with zero attached hydrogens (tertiary/aromatic N) is 1. The number of carbonyl (C=O) groups excluding carboxylic acids is 2. The predicted molar refractivity (Wildman–Crippen MR) is 74.0 cm³/mol. The van der Waals surface area contributed by atoms with E-state index >= 15 is 0 Å². The topological polar surface area (TPSA) is 75.4 Å². The van der Waals surface area contributed by atoms with Crippen LogP contribution in [-0.2, 0) is 4.79 Å². The molecule has 3 N–H and O–H groups in total. The number of nitrogens with two attached hydrogens (primary N) is 1. The molecule has 1 saturated heterocycles. The van der Waals surface area contributed by atoms with E-state index in [0.717, 1.165) is 6.42 Å². The number of rotatable bonds is 2. The van der Waals surface area contributed by atoms with Gasteiger partial charge in [0.25, 0.3) is 5.91 Å². The van der Waals surface area contributed by atoms with Crippen molar-refractivity contribution in [2.24, 2.45) is 0 Å². The van der Waals surface area contributed by atoms with Crippen LogP contribution >= 0.6 is 11.6 Å². The fraction of sp³-hybridized carbons (Fsp3) is 0.385. The van der Waals surface area contributed by atoms with Crippen LogP contribution in [0.2, 0.25) is 5.02 Å². The van der Waals surface area contributed by atoms with E-state index < -0.39 is 6.04 Å². The van der Waals surface area contributed by atoms with Gasteiger partial charge in [-0.3, -0.25) is 9.59 Å². The van der Waals surface area contributed by atoms with Gasteiger partial charge in [0.1, 0.15) is 6.04 Å². The number of hydrogen-bond acceptors (Lipinski definition) is 3. The molecule has 2 amide bonds. The molecule has 6 heteroatoms. The third-order valence-electron chi connectivity index (χ3n) is 3.23. The zero-order valence-corrected chi connectivity index (χ0v) is 11.4. The second kappa shape index (κ2) is 5.48. The minimum Gasteiger partial charge on any atom is -0.399 e. The third kappa shape index (κ3) is 2.81. The molecule has 1 aromatic rings. The summed E-state index contributed by atoms with van der Waals surface area (Å²) in [7, 11) is 1.57. The first kappa shape index (κ1) is 13.7. The summed E-state index contributed by atoms with van der Waals surface area (Å²) in [6.07, 6.45) is 1.50. The molecular formula is C13H16ClN3O2. The van der Waals surface area contributed by atoms with E-state index in [0.29, 0.717) is 29.2 Å². The second-order valence-corrected chi connectivity index (χ2v) is 4.98. The van der Waals surface area contributed by atoms with Gasteiger partial charge in [0.15, 0.2) is 0 Å². The molecule has 1 aliphatic rings. The summed E-state index contributed by atoms with van der Waals surface area (Å²) in [6, 6.07) is 4.32. The number of halogens is 1. The van der Waals surface area contributed by atoms with Gasteiger partial charge in [0.2, 0.25) is 5.91 Å². The van der Waals surface area contributed by atoms with Crippen molar-refractivity contribution in [1.29, 1.82) is 0 Å². The summed E-state index contributed by atoms with van der Waals surface area (Å²) in [5.74, 6) is -0.346. The van der Waals surface area contributed by atoms with Gasteiger partial charge in [-0.1, -0.05) is 11.6 Å². The van der Waals surface area contributed by atoms with E-state index in [9.17, 15) is 9.59 Å². The molecule has 1 unspecified atom stereocenters. The highest BCUT2D eigenvalue weighted by Gasteiger charge is 2.34. The highest BCUT2D eigenvalue weighted by Crippen LogP contribution is 2.23. The molecule has 1 heterocycles. The molecular weight excluding hydrogens is 266 g/mol. The molecule has 19 heavy (non-hydrogen) atoms. The summed E-state index contributed by atoms with van der Waals surface area (Å²) < 4.78 is 0. The van der Waals surface area contributed by atoms with Crippen LogP contribution in [0, 0.1) is 0 Å². The highest BCUT2D eigenvalue weighted by atomic mass is 35.5. The van der Waals surface area contributed by atoms with Gasteiger partial charge in [-0.15, -0.1) is 0 Å². The minimum atomic E-state index is -0.405. The van der Waals surface area contributed by atoms with Crippen LogP contribution in [0.4, 0.5) is 5.69 Å². The van der Waals surface area contributed by atoms with E-state index in [1.165, 1.54) is 0 Å². The largest absolute Gasteiger partial charge is 0.399 e. The van der Waals surface area contributed by atoms with Crippen LogP contribution < -0.4 is 11.1 Å². The fourth-order valence-electron chi connectivity index (χ4n) is 2.35. The Bertz CT molecular complexity index is 498. The lowest BCUT2D eigenvalue weighted by Crippen LogP contribution is -2.44. The Hall–Kier alpha value is -1.75. The molecule has 0 aromatic heterocycles. The number of anilines is 1. The molecule has 0 spiro atoms. The van der Waals surface area contributed by atoms with E-state index in [2.05, 4.69) is 5.32 Å². The summed E-state index contributed by atoms with van der Waals surface area (Å²) >= 11 is 5.90. The first-order valence-electron chi connectivity index (χ1n) is 6.11. The number of nitrogen functional groups attached to an aromatic ring is 1. The number of hydrogen-bond donors (Lipinski definition) is 2. The maximum absolute atomic E-state index is 12.4. The molecule has 102 valence electrons. The Morgan fingerprint density at radius 1 is 1.42 bits per heavy atom. The summed E-state index contributed by atoms with van der Waals surface area (Å²) in [6.45, 7) is 0.573. The Balaban J connectivity index is 2.25. The number of amides is 2. The Morgan fingerprint density at radius 3 is 2.79 bits per heavy atom. The van der Waals surface area contributed by atoms with Crippen LogP contribution in [0.25, 0.3) is 0 Å². The van der Waals surface area contributed by atoms with Gasteiger partial charge in [0.05, 0.1) is 0 Å². The first-order chi connectivity index (χ1) is 9.02. The summed E-state index contributed by atoms with van der Waals surface area (Å²) in [4.78, 5) is 25.7. The van der Waals surface area contributed by atoms with Gasteiger partial charge >= 0.3 is 0 Å². The van der Waals surface area contributed by atoms with Crippen LogP contribution in [0.1, 0.15) is 23.2 Å². The Kier molecular flexibility index (Phi) is 3.95. The Morgan fingerprint density at radius 2 is 2.16 bits per heavy atom. The monoisotopic (exact) mass is 281 g/mol. The molecule has 1 fully saturated rings. The van der Waals surface area contributed by atoms with Gasteiger partial charge in [-0.25, -0.2) is 0 Å². The van der Waals surface area contributed by atoms with Gasteiger partial charge in [-0.2, -0.15) is 0 Å². The molecule has 2 rings (SSSR count). The lowest BCUT2D eigenvalue weighted by molar-refractivity contribution is -0.124. The number of nitrogens with one attached hydrogen (secondary N) is 1. The molecule has 0 saturated carbocycles. The summed E-state index contributed by atoms with van der Waals surface area (Å²) in [5, 5.41) is 3.00. The lowest BCUT2D eigenvalue weighted by atomic mass is 10.1. The summed E-state index contributed by atoms with van der Waals surface area (Å²) in [5.41, 5.74) is 6.54. The maximum Gasteiger partial charge on any atom is 0.254 e. The quantitative estimate of drug-likeness (QED) is 0.802. The van der Waals surface area contributed by atoms with E-state index in [4.69, 9.17) is 17.3 Å². The van der Waals surface area contributed by atoms with Crippen molar-refractivity contribution >= 4 is 29.1 Å². The van der Waals surface area contributed by atoms with Crippen LogP contribution in [-0.4, -0.2) is 36.3 Å². The minimum absolute atomic E-state index is 0.138. The SMILES string of the molecule is CNC(=O)C1CCCN1C(=O)c1cc(N)cc(Cl)c1. The highest BCUT2D eigenvalue weighted by molar-refractivity contribution is 6.31. The second-order valence-electron chi connectivity index (χ2n) is 4.54. The van der Waals surface area contributed by atoms with Crippen molar-refractivity contribution < 1.29 is 9.59 Å². The molecule has 0 bridgehead atoms. The number of benzene rings is 1. The van der Waals surface area contributed by atoms with E-state index in [1.54, 1.807) is 30.1 Å². The lowest BCUT2D eigenvalue weighted by Gasteiger charge is -2.23. The van der Waals surface area contributed by atoms with Crippen LogP contribution in [0.5, 0.6) is 0 Å². The van der Waals surface area contributed by atoms with Crippen molar-refractivity contribution in [3.05, 3.63) is 28.8 Å². The zero-order valence-electron chi connectivity index (χ0n) is 10.6. The smallest absolute Gasteiger partial charge is 0.254 e. The molecule has 1 atom stereocenters. The first-order valence-corrected chi connectivity index (χ1v) is 6.49. The van der Waals surface area contributed by atoms with Crippen LogP contribution in [0.3, 0.4) is 0 Å². The predicted octanol–water partition coefficient (Wildman–Crippen LogP) is 1.27. The number of carbonyl (C=O) groups is 2. The van der Waals surface area contributed by atoms with E-state index in [1.807, 2.05) is 0 Å². The zero-order chi connectivity index (χ0) is 14.0. The fourth-order valence-corrected chi connectivity index (χ4v) is 2.59. The molecule has 0 aliphatic carbocycles. The molecule has 5 nitrogen and oxygen atoms in total. The average Bonchev–Trinajstić information content (AvgIpc) is 2.84. The Labute approximate surface area is 116 Å². The van der Waals surface area contributed by atoms with Crippen molar-refractivity contribution in [2.45, 2.75) is 18.9 Å². The van der Waals surface area contributed by atoms with Crippen molar-refractivity contribution in [3.63, 3.8) is 0 Å². The average molecular weight is 282 g/mol. The third-order valence-corrected chi connectivity index (χ3v) is 3.45.